The van der Waals surface area contributed by atoms with Crippen LogP contribution in [0.1, 0.15) is 60.6 Å². The average molecular weight is 1160 g/mol. The standard InChI is InChI=1S/C60H58N12O13/c61-69-65-33-48-50(76-35-38-19-7-1-8-20-38)52(77-36-39-21-9-2-10-22-39)54(78-37-40-23-11-3-12-24-40)59(81-48)79-46-32-47(45(68-72-64)31-44(46)67-71-63)80-60-55(85-58(75)43-29-17-6-18-30-43)53(84-57(74)42-27-15-5-16-28-42)51(49(82-60)34-66-70-62)83-56(73)41-25-13-4-14-26-41/h1-30,44-55,59-60H,31-37H2/t44-,45-,46-,47-,48-,49-,50-,51-,52+,53+,54-,55-,59+,60-/m1/s1. The molecule has 0 bridgehead atoms. The molecule has 0 radical (unpaired) electrons. The molecule has 6 aromatic rings. The zero-order chi connectivity index (χ0) is 59.2. The van der Waals surface area contributed by atoms with Gasteiger partial charge >= 0.3 is 17.9 Å². The molecule has 25 heteroatoms. The minimum Gasteiger partial charge on any atom is -0.452 e. The molecule has 0 unspecified atom stereocenters. The molecule has 0 N–H and O–H groups in total. The third-order valence-electron chi connectivity index (χ3n) is 14.3. The smallest absolute Gasteiger partial charge is 0.338 e. The van der Waals surface area contributed by atoms with E-state index in [0.29, 0.717) is 0 Å². The highest BCUT2D eigenvalue weighted by atomic mass is 16.7. The third kappa shape index (κ3) is 16.3. The van der Waals surface area contributed by atoms with Gasteiger partial charge in [-0.15, -0.1) is 0 Å². The van der Waals surface area contributed by atoms with Gasteiger partial charge in [-0.3, -0.25) is 0 Å². The number of azide groups is 4. The van der Waals surface area contributed by atoms with Gasteiger partial charge in [-0.1, -0.05) is 166 Å². The Kier molecular flexibility index (Phi) is 21.9. The number of hydrogen-bond acceptors (Lipinski definition) is 17. The highest BCUT2D eigenvalue weighted by Gasteiger charge is 2.56. The van der Waals surface area contributed by atoms with Crippen LogP contribution >= 0.6 is 0 Å². The van der Waals surface area contributed by atoms with Gasteiger partial charge in [0.25, 0.3) is 0 Å². The van der Waals surface area contributed by atoms with Gasteiger partial charge in [0.05, 0.1) is 80.0 Å². The molecule has 0 spiro atoms. The van der Waals surface area contributed by atoms with E-state index in [1.807, 2.05) is 91.0 Å². The topological polar surface area (TPSA) is 339 Å². The maximum Gasteiger partial charge on any atom is 0.338 e. The molecule has 2 heterocycles. The molecule has 9 rings (SSSR count). The molecule has 436 valence electrons. The van der Waals surface area contributed by atoms with Crippen LogP contribution in [-0.2, 0) is 67.2 Å². The first-order valence-corrected chi connectivity index (χ1v) is 27.2. The molecule has 2 saturated heterocycles. The van der Waals surface area contributed by atoms with Crippen LogP contribution < -0.4 is 0 Å². The molecule has 1 saturated carbocycles. The maximum absolute atomic E-state index is 14.3. The van der Waals surface area contributed by atoms with Crippen LogP contribution in [0.5, 0.6) is 0 Å². The van der Waals surface area contributed by atoms with E-state index in [2.05, 4.69) is 40.1 Å². The minimum absolute atomic E-state index is 0.0261. The Balaban J connectivity index is 1.10. The van der Waals surface area contributed by atoms with E-state index in [4.69, 9.17) is 47.4 Å². The van der Waals surface area contributed by atoms with Gasteiger partial charge in [-0.05, 0) is 81.6 Å². The summed E-state index contributed by atoms with van der Waals surface area (Å²) < 4.78 is 66.1. The highest BCUT2D eigenvalue weighted by Crippen LogP contribution is 2.39. The normalized spacial score (nSPS) is 26.1. The van der Waals surface area contributed by atoms with E-state index in [0.717, 1.165) is 16.7 Å². The van der Waals surface area contributed by atoms with Crippen molar-refractivity contribution in [1.82, 2.24) is 0 Å². The zero-order valence-electron chi connectivity index (χ0n) is 45.5. The van der Waals surface area contributed by atoms with Gasteiger partial charge in [-0.25, -0.2) is 14.4 Å². The lowest BCUT2D eigenvalue weighted by molar-refractivity contribution is -0.337. The summed E-state index contributed by atoms with van der Waals surface area (Å²) in [7, 11) is 0. The van der Waals surface area contributed by atoms with Gasteiger partial charge < -0.3 is 47.4 Å². The Hall–Kier alpha value is -9.31. The van der Waals surface area contributed by atoms with E-state index in [9.17, 15) is 36.5 Å². The van der Waals surface area contributed by atoms with Crippen LogP contribution in [0.3, 0.4) is 0 Å². The molecule has 6 aromatic carbocycles. The summed E-state index contributed by atoms with van der Waals surface area (Å²) in [4.78, 5) is 54.8. The quantitative estimate of drug-likeness (QED) is 0.0169. The molecule has 0 amide bonds. The van der Waals surface area contributed by atoms with E-state index in [1.165, 1.54) is 36.4 Å². The number of ether oxygens (including phenoxy) is 10. The predicted molar refractivity (Wildman–Crippen MR) is 302 cm³/mol. The van der Waals surface area contributed by atoms with Crippen LogP contribution in [-0.4, -0.2) is 117 Å². The largest absolute Gasteiger partial charge is 0.452 e. The molecular weight excluding hydrogens is 1100 g/mol. The second-order valence-electron chi connectivity index (χ2n) is 19.8. The van der Waals surface area contributed by atoms with Crippen LogP contribution in [0.15, 0.2) is 202 Å². The summed E-state index contributed by atoms with van der Waals surface area (Å²) in [5, 5.41) is 15.9. The van der Waals surface area contributed by atoms with E-state index in [-0.39, 0.29) is 55.9 Å². The van der Waals surface area contributed by atoms with Crippen LogP contribution in [0.25, 0.3) is 41.8 Å². The molecule has 3 aliphatic rings. The summed E-state index contributed by atoms with van der Waals surface area (Å²) >= 11 is 0. The van der Waals surface area contributed by atoms with Crippen molar-refractivity contribution in [2.24, 2.45) is 20.5 Å². The van der Waals surface area contributed by atoms with E-state index >= 15 is 0 Å². The first-order chi connectivity index (χ1) is 41.7. The summed E-state index contributed by atoms with van der Waals surface area (Å²) in [5.41, 5.74) is 42.2. The number of nitrogens with zero attached hydrogens (tertiary/aromatic N) is 12. The number of hydrogen-bond donors (Lipinski definition) is 0. The van der Waals surface area contributed by atoms with Gasteiger partial charge in [0, 0.05) is 26.1 Å². The fourth-order valence-electron chi connectivity index (χ4n) is 10.2. The highest BCUT2D eigenvalue weighted by molar-refractivity contribution is 5.91. The van der Waals surface area contributed by atoms with Crippen LogP contribution in [0.2, 0.25) is 0 Å². The molecule has 85 heavy (non-hydrogen) atoms. The number of benzene rings is 6. The Morgan fingerprint density at radius 1 is 0.400 bits per heavy atom. The predicted octanol–water partition coefficient (Wildman–Crippen LogP) is 11.4. The molecule has 25 nitrogen and oxygen atoms in total. The van der Waals surface area contributed by atoms with Gasteiger partial charge in [-0.2, -0.15) is 0 Å². The van der Waals surface area contributed by atoms with Gasteiger partial charge in [0.1, 0.15) is 24.4 Å². The van der Waals surface area contributed by atoms with Crippen molar-refractivity contribution < 1.29 is 61.8 Å². The Labute approximate surface area is 487 Å². The second-order valence-corrected chi connectivity index (χ2v) is 19.8. The van der Waals surface area contributed by atoms with E-state index < -0.39 is 110 Å². The summed E-state index contributed by atoms with van der Waals surface area (Å²) in [6.45, 7) is -0.594. The minimum atomic E-state index is -1.80. The summed E-state index contributed by atoms with van der Waals surface area (Å²) in [6, 6.07) is 49.5. The van der Waals surface area contributed by atoms with Crippen molar-refractivity contribution in [3.05, 3.63) is 257 Å². The molecule has 2 aliphatic heterocycles. The molecule has 1 aliphatic carbocycles. The molecular formula is C60H58N12O13. The molecule has 3 fully saturated rings. The first kappa shape index (κ1) is 60.3. The van der Waals surface area contributed by atoms with Crippen molar-refractivity contribution in [2.45, 2.75) is 118 Å². The van der Waals surface area contributed by atoms with E-state index in [1.54, 1.807) is 54.6 Å². The van der Waals surface area contributed by atoms with Crippen molar-refractivity contribution in [1.29, 1.82) is 0 Å². The van der Waals surface area contributed by atoms with Gasteiger partial charge in [0.2, 0.25) is 0 Å². The third-order valence-corrected chi connectivity index (χ3v) is 14.3. The second kappa shape index (κ2) is 30.8. The lowest BCUT2D eigenvalue weighted by Crippen LogP contribution is -2.64. The molecule has 0 aromatic heterocycles. The zero-order valence-corrected chi connectivity index (χ0v) is 45.5. The Morgan fingerprint density at radius 3 is 1.14 bits per heavy atom. The summed E-state index contributed by atoms with van der Waals surface area (Å²) in [6.07, 6.45) is -16.9. The average Bonchev–Trinajstić information content (AvgIpc) is 2.23. The number of esters is 3. The number of rotatable bonds is 25. The summed E-state index contributed by atoms with van der Waals surface area (Å²) in [5.74, 6) is -2.77. The number of carbonyl (C=O) groups excluding carboxylic acids is 3. The van der Waals surface area contributed by atoms with Crippen molar-refractivity contribution >= 4 is 17.9 Å². The first-order valence-electron chi connectivity index (χ1n) is 27.2. The lowest BCUT2D eigenvalue weighted by Gasteiger charge is -2.48. The van der Waals surface area contributed by atoms with Crippen LogP contribution in [0, 0.1) is 0 Å². The number of carbonyl (C=O) groups is 3. The van der Waals surface area contributed by atoms with Crippen molar-refractivity contribution in [3.63, 3.8) is 0 Å². The Morgan fingerprint density at radius 2 is 0.741 bits per heavy atom. The lowest BCUT2D eigenvalue weighted by atomic mass is 9.86. The maximum atomic E-state index is 14.3. The fraction of sp³-hybridized carbons (Fsp3) is 0.350. The fourth-order valence-corrected chi connectivity index (χ4v) is 10.2. The van der Waals surface area contributed by atoms with Crippen LogP contribution in [0.4, 0.5) is 0 Å². The Bertz CT molecular complexity index is 3330. The van der Waals surface area contributed by atoms with Crippen molar-refractivity contribution in [3.8, 4) is 0 Å². The van der Waals surface area contributed by atoms with Crippen molar-refractivity contribution in [2.75, 3.05) is 13.1 Å². The monoisotopic (exact) mass is 1150 g/mol. The van der Waals surface area contributed by atoms with Gasteiger partial charge in [0.15, 0.2) is 30.9 Å². The molecule has 14 atom stereocenters. The SMILES string of the molecule is [N-]=[N+]=NC[C@H]1O[C@H](O[C@@H]2C[C@@H](O[C@@H]3O[C@H](CN=[N+]=[N-])[C@@H](OC(=O)c4ccccc4)[C@H](OC(=O)c4ccccc4)[C@H]3OC(=O)c3ccccc3)[C@H](N=[N+]=[N-])C[C@H]2N=[N+]=[N-])[C@H](OCc2ccccc2)[C@@H](OCc2ccccc2)[C@@H]1OCc1ccccc1.